The minimum Gasteiger partial charge on any atom is -0.483 e. The smallest absolute Gasteiger partial charge is 0.223 e. The Balaban J connectivity index is 2.06. The highest BCUT2D eigenvalue weighted by Crippen LogP contribution is 2.08. The molecule has 0 spiro atoms. The lowest BCUT2D eigenvalue weighted by Crippen LogP contribution is -2.11. The Kier molecular flexibility index (Phi) is 3.79. The minimum atomic E-state index is -0.152. The van der Waals surface area contributed by atoms with E-state index in [1.807, 2.05) is 31.2 Å². The molecule has 0 aliphatic carbocycles. The van der Waals surface area contributed by atoms with Gasteiger partial charge in [-0.05, 0) is 12.5 Å². The molecule has 2 rings (SSSR count). The van der Waals surface area contributed by atoms with Crippen LogP contribution in [0.5, 0.6) is 5.75 Å². The second-order valence-electron chi connectivity index (χ2n) is 4.17. The van der Waals surface area contributed by atoms with Gasteiger partial charge in [-0.15, -0.1) is 0 Å². The molecule has 0 saturated carbocycles. The van der Waals surface area contributed by atoms with Crippen molar-refractivity contribution in [3.05, 3.63) is 63.6 Å². The summed E-state index contributed by atoms with van der Waals surface area (Å²) in [5.74, 6) is 0.313. The number of benzene rings is 1. The van der Waals surface area contributed by atoms with Crippen LogP contribution in [0.1, 0.15) is 16.8 Å². The quantitative estimate of drug-likeness (QED) is 0.860. The van der Waals surface area contributed by atoms with Crippen molar-refractivity contribution in [1.82, 2.24) is 4.98 Å². The lowest BCUT2D eigenvalue weighted by Gasteiger charge is -2.06. The number of pyridine rings is 1. The molecule has 0 amide bonds. The van der Waals surface area contributed by atoms with E-state index in [-0.39, 0.29) is 5.43 Å². The third-order valence-corrected chi connectivity index (χ3v) is 2.67. The maximum Gasteiger partial charge on any atom is 0.223 e. The standard InChI is InChI=1S/C14H16N2O2/c1-10-2-4-11(5-3-10)9-18-14-8-16-12(7-15)6-13(14)17/h2-6,8H,7,9,15H2,1H3,(H,16,17). The predicted molar refractivity (Wildman–Crippen MR) is 70.5 cm³/mol. The fourth-order valence-electron chi connectivity index (χ4n) is 1.58. The van der Waals surface area contributed by atoms with Crippen LogP contribution in [0.15, 0.2) is 41.3 Å². The van der Waals surface area contributed by atoms with E-state index in [4.69, 9.17) is 10.5 Å². The van der Waals surface area contributed by atoms with Gasteiger partial charge in [-0.1, -0.05) is 29.8 Å². The first-order valence-corrected chi connectivity index (χ1v) is 5.79. The van der Waals surface area contributed by atoms with Crippen molar-refractivity contribution in [2.45, 2.75) is 20.1 Å². The van der Waals surface area contributed by atoms with Gasteiger partial charge in [-0.3, -0.25) is 4.79 Å². The molecule has 0 radical (unpaired) electrons. The molecule has 3 N–H and O–H groups in total. The van der Waals surface area contributed by atoms with Crippen molar-refractivity contribution in [1.29, 1.82) is 0 Å². The SMILES string of the molecule is Cc1ccc(COc2c[nH]c(CN)cc2=O)cc1. The monoisotopic (exact) mass is 244 g/mol. The van der Waals surface area contributed by atoms with Gasteiger partial charge in [0.05, 0.1) is 0 Å². The lowest BCUT2D eigenvalue weighted by atomic mass is 10.2. The fourth-order valence-corrected chi connectivity index (χ4v) is 1.58. The predicted octanol–water partition coefficient (Wildman–Crippen LogP) is 1.72. The number of hydrogen-bond donors (Lipinski definition) is 2. The molecule has 0 atom stereocenters. The van der Waals surface area contributed by atoms with Gasteiger partial charge in [0.15, 0.2) is 5.75 Å². The van der Waals surface area contributed by atoms with E-state index in [0.717, 1.165) is 5.56 Å². The summed E-state index contributed by atoms with van der Waals surface area (Å²) in [6.45, 7) is 2.72. The molecule has 0 fully saturated rings. The second kappa shape index (κ2) is 5.51. The number of hydrogen-bond acceptors (Lipinski definition) is 3. The largest absolute Gasteiger partial charge is 0.483 e. The molecule has 0 saturated heterocycles. The highest BCUT2D eigenvalue weighted by Gasteiger charge is 2.02. The Labute approximate surface area is 105 Å². The Hall–Kier alpha value is -2.07. The molecular weight excluding hydrogens is 228 g/mol. The highest BCUT2D eigenvalue weighted by molar-refractivity contribution is 5.23. The molecule has 4 heteroatoms. The van der Waals surface area contributed by atoms with Crippen LogP contribution in [0.2, 0.25) is 0 Å². The molecule has 94 valence electrons. The van der Waals surface area contributed by atoms with Crippen LogP contribution in [-0.2, 0) is 13.2 Å². The molecule has 1 aromatic carbocycles. The first-order valence-electron chi connectivity index (χ1n) is 5.79. The van der Waals surface area contributed by atoms with E-state index in [1.54, 1.807) is 6.20 Å². The summed E-state index contributed by atoms with van der Waals surface area (Å²) in [6, 6.07) is 9.46. The molecule has 0 aliphatic rings. The van der Waals surface area contributed by atoms with Crippen molar-refractivity contribution >= 4 is 0 Å². The van der Waals surface area contributed by atoms with Crippen LogP contribution in [0, 0.1) is 6.92 Å². The maximum absolute atomic E-state index is 11.7. The van der Waals surface area contributed by atoms with Crippen molar-refractivity contribution in [3.63, 3.8) is 0 Å². The molecular formula is C14H16N2O2. The van der Waals surface area contributed by atoms with E-state index in [1.165, 1.54) is 11.6 Å². The van der Waals surface area contributed by atoms with E-state index in [0.29, 0.717) is 24.6 Å². The summed E-state index contributed by atoms with van der Waals surface area (Å²) in [4.78, 5) is 14.6. The lowest BCUT2D eigenvalue weighted by molar-refractivity contribution is 0.302. The molecule has 0 aliphatic heterocycles. The van der Waals surface area contributed by atoms with Gasteiger partial charge in [0.25, 0.3) is 0 Å². The number of nitrogens with two attached hydrogens (primary N) is 1. The van der Waals surface area contributed by atoms with Crippen LogP contribution >= 0.6 is 0 Å². The molecule has 18 heavy (non-hydrogen) atoms. The Morgan fingerprint density at radius 2 is 2.00 bits per heavy atom. The molecule has 4 nitrogen and oxygen atoms in total. The van der Waals surface area contributed by atoms with E-state index in [9.17, 15) is 4.79 Å². The number of H-pyrrole nitrogens is 1. The molecule has 1 aromatic heterocycles. The van der Waals surface area contributed by atoms with Crippen molar-refractivity contribution in [2.75, 3.05) is 0 Å². The van der Waals surface area contributed by atoms with Gasteiger partial charge in [0.2, 0.25) is 5.43 Å². The van der Waals surface area contributed by atoms with Gasteiger partial charge in [-0.25, -0.2) is 0 Å². The van der Waals surface area contributed by atoms with Gasteiger partial charge >= 0.3 is 0 Å². The topological polar surface area (TPSA) is 68.1 Å². The number of ether oxygens (including phenoxy) is 1. The van der Waals surface area contributed by atoms with Crippen molar-refractivity contribution in [2.24, 2.45) is 5.73 Å². The van der Waals surface area contributed by atoms with E-state index >= 15 is 0 Å². The van der Waals surface area contributed by atoms with Crippen molar-refractivity contribution < 1.29 is 4.74 Å². The number of nitrogens with one attached hydrogen (secondary N) is 1. The fraction of sp³-hybridized carbons (Fsp3) is 0.214. The molecule has 2 aromatic rings. The van der Waals surface area contributed by atoms with E-state index in [2.05, 4.69) is 4.98 Å². The average molecular weight is 244 g/mol. The van der Waals surface area contributed by atoms with Gasteiger partial charge in [0, 0.05) is 24.5 Å². The van der Waals surface area contributed by atoms with Crippen LogP contribution in [0.4, 0.5) is 0 Å². The van der Waals surface area contributed by atoms with Gasteiger partial charge in [0.1, 0.15) is 6.61 Å². The Bertz CT molecular complexity index is 573. The number of rotatable bonds is 4. The third-order valence-electron chi connectivity index (χ3n) is 2.67. The Morgan fingerprint density at radius 1 is 1.28 bits per heavy atom. The first-order chi connectivity index (χ1) is 8.69. The average Bonchev–Trinajstić information content (AvgIpc) is 2.39. The van der Waals surface area contributed by atoms with Crippen LogP contribution < -0.4 is 15.9 Å². The summed E-state index contributed by atoms with van der Waals surface area (Å²) >= 11 is 0. The van der Waals surface area contributed by atoms with Gasteiger partial charge < -0.3 is 15.5 Å². The highest BCUT2D eigenvalue weighted by atomic mass is 16.5. The van der Waals surface area contributed by atoms with E-state index < -0.39 is 0 Å². The second-order valence-corrected chi connectivity index (χ2v) is 4.17. The number of aryl methyl sites for hydroxylation is 1. The minimum absolute atomic E-state index is 0.152. The van der Waals surface area contributed by atoms with Gasteiger partial charge in [-0.2, -0.15) is 0 Å². The summed E-state index contributed by atoms with van der Waals surface area (Å²) < 4.78 is 5.48. The number of aromatic nitrogens is 1. The normalized spacial score (nSPS) is 10.3. The maximum atomic E-state index is 11.7. The van der Waals surface area contributed by atoms with Crippen LogP contribution in [-0.4, -0.2) is 4.98 Å². The molecule has 0 unspecified atom stereocenters. The molecule has 1 heterocycles. The zero-order valence-corrected chi connectivity index (χ0v) is 10.3. The first kappa shape index (κ1) is 12.4. The number of aromatic amines is 1. The molecule has 0 bridgehead atoms. The summed E-state index contributed by atoms with van der Waals surface area (Å²) in [5.41, 5.74) is 8.21. The third kappa shape index (κ3) is 2.99. The summed E-state index contributed by atoms with van der Waals surface area (Å²) in [7, 11) is 0. The van der Waals surface area contributed by atoms with Crippen LogP contribution in [0.3, 0.4) is 0 Å². The van der Waals surface area contributed by atoms with Crippen molar-refractivity contribution in [3.8, 4) is 5.75 Å². The summed E-state index contributed by atoms with van der Waals surface area (Å²) in [5, 5.41) is 0. The zero-order valence-electron chi connectivity index (χ0n) is 10.3. The zero-order chi connectivity index (χ0) is 13.0. The Morgan fingerprint density at radius 3 is 2.61 bits per heavy atom. The van der Waals surface area contributed by atoms with Crippen LogP contribution in [0.25, 0.3) is 0 Å². The summed E-state index contributed by atoms with van der Waals surface area (Å²) in [6.07, 6.45) is 1.55.